The maximum Gasteiger partial charge on any atom is 0.161 e. The molecule has 1 rings (SSSR count). The number of hydrogen-bond acceptors (Lipinski definition) is 3. The van der Waals surface area contributed by atoms with Crippen molar-refractivity contribution in [2.24, 2.45) is 0 Å². The number of hydrogen-bond donors (Lipinski definition) is 0. The molecule has 0 saturated carbocycles. The Balaban J connectivity index is 3.41. The van der Waals surface area contributed by atoms with E-state index in [1.54, 1.807) is 13.1 Å². The number of aryl methyl sites for hydroxylation is 1. The molecular formula is C18H30N2O. The molecule has 1 aromatic heterocycles. The smallest absolute Gasteiger partial charge is 0.161 e. The van der Waals surface area contributed by atoms with Crippen LogP contribution in [0.5, 0.6) is 0 Å². The molecule has 1 aromatic rings. The van der Waals surface area contributed by atoms with Crippen molar-refractivity contribution in [2.75, 3.05) is 4.90 Å². The molecule has 21 heavy (non-hydrogen) atoms. The van der Waals surface area contributed by atoms with E-state index in [2.05, 4.69) is 51.4 Å². The van der Waals surface area contributed by atoms with E-state index < -0.39 is 0 Å². The summed E-state index contributed by atoms with van der Waals surface area (Å²) in [4.78, 5) is 18.6. The summed E-state index contributed by atoms with van der Waals surface area (Å²) in [5.41, 5.74) is 1.73. The van der Waals surface area contributed by atoms with Crippen molar-refractivity contribution < 1.29 is 4.79 Å². The van der Waals surface area contributed by atoms with Crippen LogP contribution in [0.2, 0.25) is 0 Å². The van der Waals surface area contributed by atoms with Gasteiger partial charge < -0.3 is 4.90 Å². The summed E-state index contributed by atoms with van der Waals surface area (Å²) in [7, 11) is 0. The quantitative estimate of drug-likeness (QED) is 0.707. The number of nitrogens with zero attached hydrogens (tertiary/aromatic N) is 2. The van der Waals surface area contributed by atoms with E-state index in [0.717, 1.165) is 24.2 Å². The number of aromatic nitrogens is 1. The zero-order chi connectivity index (χ0) is 16.4. The van der Waals surface area contributed by atoms with Gasteiger partial charge in [-0.25, -0.2) is 4.98 Å². The molecule has 0 aliphatic heterocycles. The topological polar surface area (TPSA) is 33.2 Å². The lowest BCUT2D eigenvalue weighted by molar-refractivity contribution is 0.101. The van der Waals surface area contributed by atoms with Gasteiger partial charge in [0.05, 0.1) is 0 Å². The molecule has 0 aliphatic carbocycles. The van der Waals surface area contributed by atoms with Crippen molar-refractivity contribution in [1.29, 1.82) is 0 Å². The van der Waals surface area contributed by atoms with Crippen LogP contribution in [0.25, 0.3) is 0 Å². The average Bonchev–Trinajstić information content (AvgIpc) is 2.38. The zero-order valence-corrected chi connectivity index (χ0v) is 14.9. The third kappa shape index (κ3) is 3.63. The lowest BCUT2D eigenvalue weighted by Gasteiger charge is -2.49. The highest BCUT2D eigenvalue weighted by Crippen LogP contribution is 2.35. The van der Waals surface area contributed by atoms with Gasteiger partial charge in [-0.1, -0.05) is 13.8 Å². The van der Waals surface area contributed by atoms with E-state index in [0.29, 0.717) is 5.56 Å². The van der Waals surface area contributed by atoms with Gasteiger partial charge in [-0.15, -0.1) is 0 Å². The van der Waals surface area contributed by atoms with Gasteiger partial charge in [-0.3, -0.25) is 4.79 Å². The fraction of sp³-hybridized carbons (Fsp3) is 0.667. The molecular weight excluding hydrogens is 260 g/mol. The van der Waals surface area contributed by atoms with E-state index in [9.17, 15) is 4.79 Å². The van der Waals surface area contributed by atoms with Crippen molar-refractivity contribution in [3.8, 4) is 0 Å². The third-order valence-corrected chi connectivity index (χ3v) is 4.65. The van der Waals surface area contributed by atoms with Crippen LogP contribution >= 0.6 is 0 Å². The minimum atomic E-state index is 0.0106. The standard InChI is InChI=1S/C18H30N2O/c1-9-17(5,6)20(18(7,8)10-2)16-11-13(3)15(12-19-16)14(4)21/h11-12H,9-10H2,1-8H3. The largest absolute Gasteiger partial charge is 0.346 e. The molecule has 0 N–H and O–H groups in total. The van der Waals surface area contributed by atoms with Gasteiger partial charge in [0, 0.05) is 22.8 Å². The molecule has 3 nitrogen and oxygen atoms in total. The second-order valence-electron chi connectivity index (χ2n) is 7.08. The molecule has 1 heterocycles. The maximum absolute atomic E-state index is 11.6. The van der Waals surface area contributed by atoms with Crippen LogP contribution in [0.4, 0.5) is 5.82 Å². The van der Waals surface area contributed by atoms with E-state index >= 15 is 0 Å². The SMILES string of the molecule is CCC(C)(C)N(c1cc(C)c(C(C)=O)cn1)C(C)(C)CC. The first-order valence-corrected chi connectivity index (χ1v) is 7.84. The summed E-state index contributed by atoms with van der Waals surface area (Å²) in [5.74, 6) is 1.03. The zero-order valence-electron chi connectivity index (χ0n) is 14.9. The van der Waals surface area contributed by atoms with Gasteiger partial charge in [0.1, 0.15) is 5.82 Å². The first-order valence-electron chi connectivity index (χ1n) is 7.84. The first-order chi connectivity index (χ1) is 9.56. The molecule has 0 unspecified atom stereocenters. The van der Waals surface area contributed by atoms with Crippen molar-refractivity contribution in [1.82, 2.24) is 4.98 Å². The number of ketones is 1. The summed E-state index contributed by atoms with van der Waals surface area (Å²) >= 11 is 0. The molecule has 0 spiro atoms. The number of rotatable bonds is 6. The highest BCUT2D eigenvalue weighted by molar-refractivity contribution is 5.95. The fourth-order valence-corrected chi connectivity index (χ4v) is 2.79. The Hall–Kier alpha value is -1.38. The molecule has 3 heteroatoms. The molecule has 0 saturated heterocycles. The number of carbonyl (C=O) groups is 1. The van der Waals surface area contributed by atoms with E-state index in [1.807, 2.05) is 13.0 Å². The summed E-state index contributed by atoms with van der Waals surface area (Å²) in [6.07, 6.45) is 3.79. The van der Waals surface area contributed by atoms with Crippen LogP contribution in [0.1, 0.15) is 77.2 Å². The lowest BCUT2D eigenvalue weighted by atomic mass is 9.89. The van der Waals surface area contributed by atoms with Gasteiger partial charge in [0.25, 0.3) is 0 Å². The number of carbonyl (C=O) groups excluding carboxylic acids is 1. The van der Waals surface area contributed by atoms with Crippen LogP contribution in [-0.2, 0) is 0 Å². The van der Waals surface area contributed by atoms with Gasteiger partial charge in [0.2, 0.25) is 0 Å². The molecule has 0 aliphatic rings. The van der Waals surface area contributed by atoms with Crippen LogP contribution in [-0.4, -0.2) is 21.8 Å². The monoisotopic (exact) mass is 290 g/mol. The first kappa shape index (κ1) is 17.7. The Kier molecular flexibility index (Phi) is 5.19. The fourth-order valence-electron chi connectivity index (χ4n) is 2.79. The summed E-state index contributed by atoms with van der Waals surface area (Å²) in [6, 6.07) is 2.05. The Morgan fingerprint density at radius 2 is 1.62 bits per heavy atom. The molecule has 0 radical (unpaired) electrons. The average molecular weight is 290 g/mol. The lowest BCUT2D eigenvalue weighted by Crippen LogP contribution is -2.56. The van der Waals surface area contributed by atoms with Crippen molar-refractivity contribution in [2.45, 2.75) is 79.3 Å². The molecule has 0 bridgehead atoms. The molecule has 0 aromatic carbocycles. The van der Waals surface area contributed by atoms with E-state index in [-0.39, 0.29) is 16.9 Å². The van der Waals surface area contributed by atoms with Crippen molar-refractivity contribution in [3.63, 3.8) is 0 Å². The minimum Gasteiger partial charge on any atom is -0.346 e. The van der Waals surface area contributed by atoms with Crippen LogP contribution in [0.3, 0.4) is 0 Å². The van der Waals surface area contributed by atoms with Gasteiger partial charge in [-0.05, 0) is 66.0 Å². The molecule has 0 fully saturated rings. The summed E-state index contributed by atoms with van der Waals surface area (Å²) in [6.45, 7) is 17.0. The summed E-state index contributed by atoms with van der Waals surface area (Å²) < 4.78 is 0. The Morgan fingerprint density at radius 3 is 1.95 bits per heavy atom. The van der Waals surface area contributed by atoms with Crippen LogP contribution in [0, 0.1) is 6.92 Å². The Bertz CT molecular complexity index is 502. The predicted octanol–water partition coefficient (Wildman–Crippen LogP) is 4.78. The Labute approximate surface area is 129 Å². The van der Waals surface area contributed by atoms with Crippen LogP contribution < -0.4 is 4.90 Å². The van der Waals surface area contributed by atoms with Gasteiger partial charge >= 0.3 is 0 Å². The summed E-state index contributed by atoms with van der Waals surface area (Å²) in [5, 5.41) is 0. The second-order valence-corrected chi connectivity index (χ2v) is 7.08. The highest BCUT2D eigenvalue weighted by Gasteiger charge is 2.36. The predicted molar refractivity (Wildman–Crippen MR) is 90.2 cm³/mol. The van der Waals surface area contributed by atoms with Gasteiger partial charge in [0.15, 0.2) is 5.78 Å². The van der Waals surface area contributed by atoms with Crippen molar-refractivity contribution >= 4 is 11.6 Å². The number of anilines is 1. The van der Waals surface area contributed by atoms with Crippen LogP contribution in [0.15, 0.2) is 12.3 Å². The molecule has 0 atom stereocenters. The molecule has 118 valence electrons. The normalized spacial score (nSPS) is 12.4. The van der Waals surface area contributed by atoms with Gasteiger partial charge in [-0.2, -0.15) is 0 Å². The maximum atomic E-state index is 11.6. The van der Waals surface area contributed by atoms with E-state index in [1.165, 1.54) is 0 Å². The Morgan fingerprint density at radius 1 is 1.14 bits per heavy atom. The number of Topliss-reactive ketones (excluding diaryl/α,β-unsaturated/α-hetero) is 1. The van der Waals surface area contributed by atoms with E-state index in [4.69, 9.17) is 0 Å². The highest BCUT2D eigenvalue weighted by atomic mass is 16.1. The minimum absolute atomic E-state index is 0.0106. The molecule has 0 amide bonds. The second kappa shape index (κ2) is 6.17. The van der Waals surface area contributed by atoms with Crippen molar-refractivity contribution in [3.05, 3.63) is 23.4 Å². The number of pyridine rings is 1. The third-order valence-electron chi connectivity index (χ3n) is 4.65.